The highest BCUT2D eigenvalue weighted by molar-refractivity contribution is 6.31. The molecular weight excluding hydrogens is 338 g/mol. The van der Waals surface area contributed by atoms with Gasteiger partial charge in [-0.3, -0.25) is 4.79 Å². The number of nitrogens with zero attached hydrogens (tertiary/aromatic N) is 1. The average Bonchev–Trinajstić information content (AvgIpc) is 2.61. The van der Waals surface area contributed by atoms with E-state index in [0.29, 0.717) is 32.8 Å². The van der Waals surface area contributed by atoms with Gasteiger partial charge >= 0.3 is 0 Å². The van der Waals surface area contributed by atoms with Gasteiger partial charge in [-0.05, 0) is 23.8 Å². The normalized spacial score (nSPS) is 16.2. The molecule has 25 heavy (non-hydrogen) atoms. The zero-order chi connectivity index (χ0) is 17.6. The molecule has 1 atom stereocenters. The first-order chi connectivity index (χ1) is 12.1. The Hall–Kier alpha value is -3.23. The van der Waals surface area contributed by atoms with Crippen LogP contribution in [0.1, 0.15) is 17.0 Å². The molecular formula is C19H12ClN3O2. The number of ether oxygens (including phenoxy) is 1. The van der Waals surface area contributed by atoms with E-state index in [9.17, 15) is 10.1 Å². The standard InChI is InChI=1S/C19H12ClN3O2/c20-13-7-3-1-5-10(13)15-12(9-21)18(22)25-17-11-6-2-4-8-14(11)23-19(24)16(15)17/h1-8,15H,22H2,(H,23,24)/t15-/m1/s1. The van der Waals surface area contributed by atoms with Crippen LogP contribution in [0.25, 0.3) is 10.9 Å². The lowest BCUT2D eigenvalue weighted by Gasteiger charge is -2.27. The van der Waals surface area contributed by atoms with E-state index >= 15 is 0 Å². The van der Waals surface area contributed by atoms with Crippen molar-refractivity contribution in [3.8, 4) is 11.8 Å². The fourth-order valence-corrected chi connectivity index (χ4v) is 3.44. The molecule has 6 heteroatoms. The number of fused-ring (bicyclic) bond motifs is 3. The summed E-state index contributed by atoms with van der Waals surface area (Å²) in [4.78, 5) is 15.6. The first-order valence-electron chi connectivity index (χ1n) is 7.58. The van der Waals surface area contributed by atoms with Crippen molar-refractivity contribution in [1.82, 2.24) is 4.98 Å². The van der Waals surface area contributed by atoms with Crippen molar-refractivity contribution in [1.29, 1.82) is 5.26 Å². The number of aromatic amines is 1. The topological polar surface area (TPSA) is 91.9 Å². The van der Waals surface area contributed by atoms with Crippen molar-refractivity contribution >= 4 is 22.5 Å². The van der Waals surface area contributed by atoms with Crippen LogP contribution in [-0.4, -0.2) is 4.98 Å². The summed E-state index contributed by atoms with van der Waals surface area (Å²) in [6.45, 7) is 0. The number of benzene rings is 2. The number of H-pyrrole nitrogens is 1. The molecule has 122 valence electrons. The van der Waals surface area contributed by atoms with E-state index in [2.05, 4.69) is 11.1 Å². The minimum Gasteiger partial charge on any atom is -0.439 e. The number of nitriles is 1. The molecule has 4 rings (SSSR count). The van der Waals surface area contributed by atoms with Crippen molar-refractivity contribution in [3.05, 3.63) is 86.5 Å². The molecule has 5 nitrogen and oxygen atoms in total. The summed E-state index contributed by atoms with van der Waals surface area (Å²) >= 11 is 6.34. The summed E-state index contributed by atoms with van der Waals surface area (Å²) in [5.41, 5.74) is 7.44. The van der Waals surface area contributed by atoms with E-state index in [0.717, 1.165) is 0 Å². The molecule has 0 bridgehead atoms. The van der Waals surface area contributed by atoms with Crippen molar-refractivity contribution in [2.24, 2.45) is 5.73 Å². The Morgan fingerprint density at radius 1 is 1.16 bits per heavy atom. The molecule has 2 aromatic carbocycles. The highest BCUT2D eigenvalue weighted by Crippen LogP contribution is 2.44. The predicted octanol–water partition coefficient (Wildman–Crippen LogP) is 3.40. The maximum Gasteiger partial charge on any atom is 0.256 e. The van der Waals surface area contributed by atoms with Crippen molar-refractivity contribution < 1.29 is 4.74 Å². The summed E-state index contributed by atoms with van der Waals surface area (Å²) in [5.74, 6) is -0.341. The van der Waals surface area contributed by atoms with Crippen LogP contribution in [-0.2, 0) is 0 Å². The Labute approximate surface area is 147 Å². The molecule has 0 saturated heterocycles. The molecule has 2 heterocycles. The Bertz CT molecular complexity index is 1140. The van der Waals surface area contributed by atoms with Gasteiger partial charge in [-0.25, -0.2) is 0 Å². The van der Waals surface area contributed by atoms with Crippen LogP contribution >= 0.6 is 11.6 Å². The molecule has 0 aliphatic carbocycles. The van der Waals surface area contributed by atoms with Crippen LogP contribution in [0, 0.1) is 11.3 Å². The van der Waals surface area contributed by atoms with Crippen molar-refractivity contribution in [2.75, 3.05) is 0 Å². The van der Waals surface area contributed by atoms with Crippen LogP contribution in [0.15, 0.2) is 64.8 Å². The average molecular weight is 350 g/mol. The predicted molar refractivity (Wildman–Crippen MR) is 95.3 cm³/mol. The SMILES string of the molecule is N#CC1=C(N)Oc2c(c(=O)[nH]c3ccccc23)[C@@H]1c1ccccc1Cl. The third-order valence-electron chi connectivity index (χ3n) is 4.30. The Morgan fingerprint density at radius 2 is 1.88 bits per heavy atom. The molecule has 3 N–H and O–H groups in total. The second-order valence-corrected chi connectivity index (χ2v) is 6.10. The number of rotatable bonds is 1. The fourth-order valence-electron chi connectivity index (χ4n) is 3.19. The molecule has 0 spiro atoms. The minimum absolute atomic E-state index is 0.0179. The summed E-state index contributed by atoms with van der Waals surface area (Å²) in [5, 5.41) is 10.8. The lowest BCUT2D eigenvalue weighted by Crippen LogP contribution is -2.28. The monoisotopic (exact) mass is 349 g/mol. The van der Waals surface area contributed by atoms with Gasteiger partial charge in [-0.15, -0.1) is 0 Å². The number of pyridine rings is 1. The lowest BCUT2D eigenvalue weighted by molar-refractivity contribution is 0.397. The largest absolute Gasteiger partial charge is 0.439 e. The molecule has 0 fully saturated rings. The van der Waals surface area contributed by atoms with Gasteiger partial charge in [0.25, 0.3) is 5.56 Å². The van der Waals surface area contributed by atoms with E-state index in [1.165, 1.54) is 0 Å². The number of nitrogens with two attached hydrogens (primary N) is 1. The number of para-hydroxylation sites is 1. The molecule has 0 amide bonds. The highest BCUT2D eigenvalue weighted by Gasteiger charge is 2.35. The Kier molecular flexibility index (Phi) is 3.48. The Balaban J connectivity index is 2.12. The summed E-state index contributed by atoms with van der Waals surface area (Å²) in [6.07, 6.45) is 0. The Morgan fingerprint density at radius 3 is 2.64 bits per heavy atom. The van der Waals surface area contributed by atoms with Crippen LogP contribution < -0.4 is 16.0 Å². The van der Waals surface area contributed by atoms with Gasteiger partial charge in [-0.2, -0.15) is 5.26 Å². The van der Waals surface area contributed by atoms with Gasteiger partial charge in [0.1, 0.15) is 17.4 Å². The molecule has 0 radical (unpaired) electrons. The van der Waals surface area contributed by atoms with Gasteiger partial charge in [0, 0.05) is 10.4 Å². The van der Waals surface area contributed by atoms with E-state index in [-0.39, 0.29) is 17.0 Å². The second kappa shape index (κ2) is 5.69. The van der Waals surface area contributed by atoms with Crippen LogP contribution in [0.4, 0.5) is 0 Å². The summed E-state index contributed by atoms with van der Waals surface area (Å²) in [6, 6.07) is 16.4. The van der Waals surface area contributed by atoms with E-state index in [1.54, 1.807) is 30.3 Å². The molecule has 0 unspecified atom stereocenters. The van der Waals surface area contributed by atoms with Crippen LogP contribution in [0.5, 0.6) is 5.75 Å². The molecule has 3 aromatic rings. The quantitative estimate of drug-likeness (QED) is 0.704. The number of nitrogens with one attached hydrogen (secondary N) is 1. The fraction of sp³-hybridized carbons (Fsp3) is 0.0526. The number of hydrogen-bond donors (Lipinski definition) is 2. The van der Waals surface area contributed by atoms with Crippen molar-refractivity contribution in [2.45, 2.75) is 5.92 Å². The maximum absolute atomic E-state index is 12.8. The molecule has 1 aliphatic rings. The van der Waals surface area contributed by atoms with E-state index in [4.69, 9.17) is 22.1 Å². The van der Waals surface area contributed by atoms with Crippen molar-refractivity contribution in [3.63, 3.8) is 0 Å². The first-order valence-corrected chi connectivity index (χ1v) is 7.96. The molecule has 1 aromatic heterocycles. The van der Waals surface area contributed by atoms with Gasteiger partial charge in [-0.1, -0.05) is 41.9 Å². The first kappa shape index (κ1) is 15.3. The summed E-state index contributed by atoms with van der Waals surface area (Å²) in [7, 11) is 0. The van der Waals surface area contributed by atoms with Crippen LogP contribution in [0.2, 0.25) is 5.02 Å². The van der Waals surface area contributed by atoms with Gasteiger partial charge in [0.2, 0.25) is 5.88 Å². The van der Waals surface area contributed by atoms with Gasteiger partial charge in [0.15, 0.2) is 0 Å². The number of aromatic nitrogens is 1. The van der Waals surface area contributed by atoms with Crippen LogP contribution in [0.3, 0.4) is 0 Å². The zero-order valence-electron chi connectivity index (χ0n) is 12.9. The summed E-state index contributed by atoms with van der Waals surface area (Å²) < 4.78 is 5.69. The van der Waals surface area contributed by atoms with Gasteiger partial charge in [0.05, 0.1) is 17.0 Å². The van der Waals surface area contributed by atoms with E-state index < -0.39 is 5.92 Å². The number of hydrogen-bond acceptors (Lipinski definition) is 4. The van der Waals surface area contributed by atoms with Gasteiger partial charge < -0.3 is 15.5 Å². The number of allylic oxidation sites excluding steroid dienone is 1. The minimum atomic E-state index is -0.684. The maximum atomic E-state index is 12.8. The highest BCUT2D eigenvalue weighted by atomic mass is 35.5. The smallest absolute Gasteiger partial charge is 0.256 e. The molecule has 0 saturated carbocycles. The third-order valence-corrected chi connectivity index (χ3v) is 4.64. The number of halogens is 1. The van der Waals surface area contributed by atoms with E-state index in [1.807, 2.05) is 18.2 Å². The third kappa shape index (κ3) is 2.27. The zero-order valence-corrected chi connectivity index (χ0v) is 13.7. The lowest BCUT2D eigenvalue weighted by atomic mass is 9.83. The second-order valence-electron chi connectivity index (χ2n) is 5.69. The molecule has 1 aliphatic heterocycles.